The maximum Gasteiger partial charge on any atom is 0.258 e. The second kappa shape index (κ2) is 2.98. The lowest BCUT2D eigenvalue weighted by atomic mass is 9.96. The Bertz CT molecular complexity index is 420. The molecule has 2 rings (SSSR count). The first-order chi connectivity index (χ1) is 6.59. The molecule has 14 heavy (non-hydrogen) atoms. The highest BCUT2D eigenvalue weighted by atomic mass is 16.2. The summed E-state index contributed by atoms with van der Waals surface area (Å²) in [6, 6.07) is 5.99. The third-order valence-corrected chi connectivity index (χ3v) is 2.67. The van der Waals surface area contributed by atoms with Gasteiger partial charge in [-0.3, -0.25) is 4.79 Å². The molecular weight excluding hydrogens is 174 g/mol. The first-order valence-electron chi connectivity index (χ1n) is 4.65. The van der Waals surface area contributed by atoms with Crippen molar-refractivity contribution in [2.24, 2.45) is 0 Å². The number of hydrogen-bond acceptors (Lipinski definition) is 1. The van der Waals surface area contributed by atoms with E-state index in [-0.39, 0.29) is 5.91 Å². The van der Waals surface area contributed by atoms with Gasteiger partial charge in [0.25, 0.3) is 5.91 Å². The zero-order chi connectivity index (χ0) is 10.3. The summed E-state index contributed by atoms with van der Waals surface area (Å²) in [7, 11) is 1.77. The highest BCUT2D eigenvalue weighted by Crippen LogP contribution is 2.24. The Morgan fingerprint density at radius 2 is 2.14 bits per heavy atom. The van der Waals surface area contributed by atoms with E-state index in [2.05, 4.69) is 6.58 Å². The molecule has 1 heterocycles. The zero-order valence-electron chi connectivity index (χ0n) is 8.50. The fraction of sp³-hybridized carbons (Fsp3) is 0.250. The van der Waals surface area contributed by atoms with Gasteiger partial charge in [-0.1, -0.05) is 24.3 Å². The Morgan fingerprint density at radius 3 is 2.86 bits per heavy atom. The molecule has 0 saturated heterocycles. The summed E-state index contributed by atoms with van der Waals surface area (Å²) >= 11 is 0. The van der Waals surface area contributed by atoms with E-state index in [1.54, 1.807) is 11.9 Å². The van der Waals surface area contributed by atoms with E-state index in [1.807, 2.05) is 25.1 Å². The van der Waals surface area contributed by atoms with E-state index in [4.69, 9.17) is 0 Å². The molecule has 0 aromatic heterocycles. The molecule has 0 atom stereocenters. The monoisotopic (exact) mass is 187 g/mol. The van der Waals surface area contributed by atoms with Crippen molar-refractivity contribution >= 4 is 5.91 Å². The summed E-state index contributed by atoms with van der Waals surface area (Å²) in [5.74, 6) is 0.0555. The number of carbonyl (C=O) groups is 1. The Balaban J connectivity index is 2.57. The second-order valence-corrected chi connectivity index (χ2v) is 3.77. The van der Waals surface area contributed by atoms with Crippen LogP contribution in [0.3, 0.4) is 0 Å². The summed E-state index contributed by atoms with van der Waals surface area (Å²) < 4.78 is 0. The molecule has 1 aliphatic rings. The second-order valence-electron chi connectivity index (χ2n) is 3.77. The van der Waals surface area contributed by atoms with E-state index in [0.717, 1.165) is 28.8 Å². The Morgan fingerprint density at radius 1 is 1.43 bits per heavy atom. The lowest BCUT2D eigenvalue weighted by Gasteiger charge is -2.27. The first-order valence-corrected chi connectivity index (χ1v) is 4.65. The highest BCUT2D eigenvalue weighted by molar-refractivity contribution is 5.98. The molecule has 1 amide bonds. The third kappa shape index (κ3) is 1.23. The van der Waals surface area contributed by atoms with Crippen molar-refractivity contribution in [3.05, 3.63) is 47.2 Å². The standard InChI is InChI=1S/C12H13NO/c1-8-4-5-10-7-9(2)13(3)12(14)11(10)6-8/h4-6H,2,7H2,1,3H3. The Hall–Kier alpha value is -1.57. The minimum absolute atomic E-state index is 0.0555. The van der Waals surface area contributed by atoms with Gasteiger partial charge in [0.1, 0.15) is 0 Å². The van der Waals surface area contributed by atoms with Gasteiger partial charge in [-0.05, 0) is 18.6 Å². The smallest absolute Gasteiger partial charge is 0.258 e. The van der Waals surface area contributed by atoms with E-state index in [9.17, 15) is 4.79 Å². The van der Waals surface area contributed by atoms with E-state index in [0.29, 0.717) is 0 Å². The third-order valence-electron chi connectivity index (χ3n) is 2.67. The number of carbonyl (C=O) groups excluding carboxylic acids is 1. The van der Waals surface area contributed by atoms with Gasteiger partial charge in [0.15, 0.2) is 0 Å². The topological polar surface area (TPSA) is 20.3 Å². The lowest BCUT2D eigenvalue weighted by Crippen LogP contribution is -2.31. The summed E-state index contributed by atoms with van der Waals surface area (Å²) in [5.41, 5.74) is 3.90. The molecule has 0 saturated carbocycles. The van der Waals surface area contributed by atoms with Crippen molar-refractivity contribution in [1.29, 1.82) is 0 Å². The molecule has 0 spiro atoms. The van der Waals surface area contributed by atoms with Crippen LogP contribution < -0.4 is 0 Å². The highest BCUT2D eigenvalue weighted by Gasteiger charge is 2.23. The van der Waals surface area contributed by atoms with Crippen LogP contribution in [0, 0.1) is 6.92 Å². The average molecular weight is 187 g/mol. The number of likely N-dealkylation sites (N-methyl/N-ethyl adjacent to an activating group) is 1. The van der Waals surface area contributed by atoms with Crippen LogP contribution in [0.25, 0.3) is 0 Å². The molecule has 0 radical (unpaired) electrons. The summed E-state index contributed by atoms with van der Waals surface area (Å²) in [4.78, 5) is 13.5. The maximum absolute atomic E-state index is 11.8. The number of benzene rings is 1. The predicted molar refractivity (Wildman–Crippen MR) is 56.1 cm³/mol. The maximum atomic E-state index is 11.8. The van der Waals surface area contributed by atoms with Gasteiger partial charge < -0.3 is 4.90 Å². The summed E-state index contributed by atoms with van der Waals surface area (Å²) in [6.45, 7) is 5.87. The molecule has 1 aromatic rings. The SMILES string of the molecule is C=C1Cc2ccc(C)cc2C(=O)N1C. The fourth-order valence-corrected chi connectivity index (χ4v) is 1.71. The van der Waals surface area contributed by atoms with Crippen LogP contribution in [0.1, 0.15) is 21.5 Å². The van der Waals surface area contributed by atoms with Gasteiger partial charge in [-0.15, -0.1) is 0 Å². The molecule has 0 unspecified atom stereocenters. The number of rotatable bonds is 0. The molecule has 0 bridgehead atoms. The van der Waals surface area contributed by atoms with Crippen molar-refractivity contribution in [1.82, 2.24) is 4.90 Å². The molecule has 1 aliphatic heterocycles. The average Bonchev–Trinajstić information content (AvgIpc) is 2.16. The largest absolute Gasteiger partial charge is 0.315 e. The number of aryl methyl sites for hydroxylation is 1. The van der Waals surface area contributed by atoms with Crippen LogP contribution in [0.5, 0.6) is 0 Å². The van der Waals surface area contributed by atoms with Gasteiger partial charge in [0, 0.05) is 24.7 Å². The number of allylic oxidation sites excluding steroid dienone is 1. The van der Waals surface area contributed by atoms with Crippen LogP contribution in [-0.4, -0.2) is 17.9 Å². The van der Waals surface area contributed by atoms with Crippen molar-refractivity contribution in [3.8, 4) is 0 Å². The number of hydrogen-bond donors (Lipinski definition) is 0. The van der Waals surface area contributed by atoms with Crippen LogP contribution in [0.2, 0.25) is 0 Å². The number of amides is 1. The molecule has 0 N–H and O–H groups in total. The lowest BCUT2D eigenvalue weighted by molar-refractivity contribution is 0.0823. The molecular formula is C12H13NO. The van der Waals surface area contributed by atoms with Crippen LogP contribution in [-0.2, 0) is 6.42 Å². The van der Waals surface area contributed by atoms with Crippen molar-refractivity contribution < 1.29 is 4.79 Å². The van der Waals surface area contributed by atoms with Gasteiger partial charge in [0.2, 0.25) is 0 Å². The van der Waals surface area contributed by atoms with Crippen molar-refractivity contribution in [2.45, 2.75) is 13.3 Å². The Kier molecular flexibility index (Phi) is 1.92. The normalized spacial score (nSPS) is 15.7. The summed E-state index contributed by atoms with van der Waals surface area (Å²) in [5, 5.41) is 0. The Labute approximate surface area is 83.8 Å². The van der Waals surface area contributed by atoms with Gasteiger partial charge in [0.05, 0.1) is 0 Å². The van der Waals surface area contributed by atoms with Gasteiger partial charge >= 0.3 is 0 Å². The minimum Gasteiger partial charge on any atom is -0.315 e. The molecule has 0 aliphatic carbocycles. The fourth-order valence-electron chi connectivity index (χ4n) is 1.71. The molecule has 72 valence electrons. The zero-order valence-corrected chi connectivity index (χ0v) is 8.50. The molecule has 2 heteroatoms. The molecule has 2 nitrogen and oxygen atoms in total. The molecule has 0 fully saturated rings. The first kappa shape index (κ1) is 9.00. The van der Waals surface area contributed by atoms with Crippen LogP contribution in [0.15, 0.2) is 30.5 Å². The van der Waals surface area contributed by atoms with Gasteiger partial charge in [-0.2, -0.15) is 0 Å². The van der Waals surface area contributed by atoms with Crippen molar-refractivity contribution in [3.63, 3.8) is 0 Å². The molecule has 1 aromatic carbocycles. The number of fused-ring (bicyclic) bond motifs is 1. The number of nitrogens with zero attached hydrogens (tertiary/aromatic N) is 1. The minimum atomic E-state index is 0.0555. The quantitative estimate of drug-likeness (QED) is 0.609. The van der Waals surface area contributed by atoms with Gasteiger partial charge in [-0.25, -0.2) is 0 Å². The van der Waals surface area contributed by atoms with E-state index < -0.39 is 0 Å². The van der Waals surface area contributed by atoms with E-state index in [1.165, 1.54) is 0 Å². The van der Waals surface area contributed by atoms with E-state index >= 15 is 0 Å². The van der Waals surface area contributed by atoms with Crippen LogP contribution >= 0.6 is 0 Å². The van der Waals surface area contributed by atoms with Crippen molar-refractivity contribution in [2.75, 3.05) is 7.05 Å². The summed E-state index contributed by atoms with van der Waals surface area (Å²) in [6.07, 6.45) is 0.776. The van der Waals surface area contributed by atoms with Crippen LogP contribution in [0.4, 0.5) is 0 Å². The predicted octanol–water partition coefficient (Wildman–Crippen LogP) is 2.14.